The lowest BCUT2D eigenvalue weighted by Gasteiger charge is -2.17. The van der Waals surface area contributed by atoms with E-state index in [0.29, 0.717) is 18.8 Å². The molecule has 2 amide bonds. The van der Waals surface area contributed by atoms with Gasteiger partial charge in [-0.3, -0.25) is 0 Å². The molecule has 4 nitrogen and oxygen atoms in total. The number of carbonyl (C=O) groups excluding carboxylic acids is 1. The maximum Gasteiger partial charge on any atom is 0.322 e. The van der Waals surface area contributed by atoms with Gasteiger partial charge in [0.15, 0.2) is 0 Å². The Labute approximate surface area is 116 Å². The Kier molecular flexibility index (Phi) is 3.02. The molecule has 0 aromatic heterocycles. The molecule has 0 bridgehead atoms. The monoisotopic (exact) mass is 271 g/mol. The summed E-state index contributed by atoms with van der Waals surface area (Å²) in [6, 6.07) is 11.6. The summed E-state index contributed by atoms with van der Waals surface area (Å²) in [6.07, 6.45) is 0. The summed E-state index contributed by atoms with van der Waals surface area (Å²) in [6.45, 7) is 1.15. The number of rotatable bonds is 1. The van der Waals surface area contributed by atoms with E-state index in [0.717, 1.165) is 11.1 Å². The van der Waals surface area contributed by atoms with Gasteiger partial charge in [-0.2, -0.15) is 0 Å². The highest BCUT2D eigenvalue weighted by molar-refractivity contribution is 5.92. The van der Waals surface area contributed by atoms with Crippen LogP contribution in [-0.2, 0) is 13.1 Å². The third kappa shape index (κ3) is 2.30. The Bertz CT molecular complexity index is 647. The fraction of sp³-hybridized carbons (Fsp3) is 0.133. The minimum atomic E-state index is -0.422. The molecule has 0 fully saturated rings. The van der Waals surface area contributed by atoms with Gasteiger partial charge in [-0.05, 0) is 29.3 Å². The van der Waals surface area contributed by atoms with Crippen LogP contribution in [0.4, 0.5) is 20.6 Å². The minimum absolute atomic E-state index is 0.218. The number of nitrogens with one attached hydrogen (secondary N) is 1. The van der Waals surface area contributed by atoms with Crippen LogP contribution < -0.4 is 11.1 Å². The molecular weight excluding hydrogens is 257 g/mol. The maximum atomic E-state index is 13.0. The van der Waals surface area contributed by atoms with Gasteiger partial charge in [0.2, 0.25) is 0 Å². The van der Waals surface area contributed by atoms with Crippen molar-refractivity contribution in [1.29, 1.82) is 0 Å². The molecule has 2 aromatic carbocycles. The molecule has 0 atom stereocenters. The van der Waals surface area contributed by atoms with Crippen LogP contribution >= 0.6 is 0 Å². The summed E-state index contributed by atoms with van der Waals surface area (Å²) < 4.78 is 13.0. The number of nitrogens with zero attached hydrogens (tertiary/aromatic N) is 1. The number of amides is 2. The molecular formula is C15H14FN3O. The van der Waals surface area contributed by atoms with Crippen molar-refractivity contribution in [2.45, 2.75) is 13.1 Å². The molecule has 0 aliphatic carbocycles. The average molecular weight is 271 g/mol. The van der Waals surface area contributed by atoms with E-state index >= 15 is 0 Å². The number of nitrogen functional groups attached to an aromatic ring is 1. The van der Waals surface area contributed by atoms with Crippen LogP contribution in [0.25, 0.3) is 0 Å². The molecule has 102 valence electrons. The summed E-state index contributed by atoms with van der Waals surface area (Å²) in [4.78, 5) is 13.9. The first kappa shape index (κ1) is 12.5. The van der Waals surface area contributed by atoms with E-state index in [1.54, 1.807) is 4.90 Å². The summed E-state index contributed by atoms with van der Waals surface area (Å²) >= 11 is 0. The molecule has 1 aliphatic heterocycles. The van der Waals surface area contributed by atoms with Gasteiger partial charge >= 0.3 is 6.03 Å². The van der Waals surface area contributed by atoms with Crippen molar-refractivity contribution in [2.75, 3.05) is 11.1 Å². The lowest BCUT2D eigenvalue weighted by Crippen LogP contribution is -2.30. The molecule has 0 unspecified atom stereocenters. The zero-order chi connectivity index (χ0) is 14.1. The number of fused-ring (bicyclic) bond motifs is 1. The van der Waals surface area contributed by atoms with Crippen molar-refractivity contribution in [1.82, 2.24) is 4.90 Å². The maximum absolute atomic E-state index is 13.0. The Morgan fingerprint density at radius 2 is 1.80 bits per heavy atom. The van der Waals surface area contributed by atoms with Crippen LogP contribution in [0.1, 0.15) is 11.1 Å². The largest absolute Gasteiger partial charge is 0.397 e. The minimum Gasteiger partial charge on any atom is -0.397 e. The molecule has 3 rings (SSSR count). The van der Waals surface area contributed by atoms with Gasteiger partial charge in [0, 0.05) is 13.1 Å². The molecule has 2 aromatic rings. The number of anilines is 2. The van der Waals surface area contributed by atoms with E-state index in [-0.39, 0.29) is 11.7 Å². The van der Waals surface area contributed by atoms with E-state index in [4.69, 9.17) is 5.73 Å². The fourth-order valence-electron chi connectivity index (χ4n) is 2.32. The summed E-state index contributed by atoms with van der Waals surface area (Å²) in [5.41, 5.74) is 8.62. The molecule has 0 saturated heterocycles. The second kappa shape index (κ2) is 4.85. The average Bonchev–Trinajstić information content (AvgIpc) is 2.86. The molecule has 1 aliphatic rings. The van der Waals surface area contributed by atoms with Crippen LogP contribution in [0.5, 0.6) is 0 Å². The third-order valence-electron chi connectivity index (χ3n) is 3.38. The number of halogens is 1. The molecule has 0 radical (unpaired) electrons. The van der Waals surface area contributed by atoms with Crippen molar-refractivity contribution in [3.05, 3.63) is 59.4 Å². The quantitative estimate of drug-likeness (QED) is 0.783. The normalized spacial score (nSPS) is 13.2. The summed E-state index contributed by atoms with van der Waals surface area (Å²) in [5, 5.41) is 2.71. The summed E-state index contributed by atoms with van der Waals surface area (Å²) in [5.74, 6) is -0.422. The van der Waals surface area contributed by atoms with Crippen molar-refractivity contribution >= 4 is 17.4 Å². The van der Waals surface area contributed by atoms with Crippen molar-refractivity contribution in [3.8, 4) is 0 Å². The highest BCUT2D eigenvalue weighted by Crippen LogP contribution is 2.24. The van der Waals surface area contributed by atoms with Gasteiger partial charge in [0.05, 0.1) is 11.4 Å². The topological polar surface area (TPSA) is 58.4 Å². The van der Waals surface area contributed by atoms with Crippen LogP contribution in [-0.4, -0.2) is 10.9 Å². The van der Waals surface area contributed by atoms with Crippen LogP contribution in [0.3, 0.4) is 0 Å². The zero-order valence-electron chi connectivity index (χ0n) is 10.8. The van der Waals surface area contributed by atoms with E-state index in [1.807, 2.05) is 24.3 Å². The third-order valence-corrected chi connectivity index (χ3v) is 3.38. The van der Waals surface area contributed by atoms with E-state index < -0.39 is 5.82 Å². The fourth-order valence-corrected chi connectivity index (χ4v) is 2.32. The van der Waals surface area contributed by atoms with Gasteiger partial charge in [-0.1, -0.05) is 24.3 Å². The summed E-state index contributed by atoms with van der Waals surface area (Å²) in [7, 11) is 0. The van der Waals surface area contributed by atoms with Crippen LogP contribution in [0, 0.1) is 5.82 Å². The van der Waals surface area contributed by atoms with Crippen molar-refractivity contribution in [3.63, 3.8) is 0 Å². The van der Waals surface area contributed by atoms with Crippen LogP contribution in [0.15, 0.2) is 42.5 Å². The molecule has 3 N–H and O–H groups in total. The molecule has 5 heteroatoms. The molecule has 20 heavy (non-hydrogen) atoms. The number of urea groups is 1. The molecule has 0 saturated carbocycles. The SMILES string of the molecule is Nc1cc(F)ccc1NC(=O)N1Cc2ccccc2C1. The van der Waals surface area contributed by atoms with Gasteiger partial charge in [0.25, 0.3) is 0 Å². The number of benzene rings is 2. The second-order valence-electron chi connectivity index (χ2n) is 4.79. The van der Waals surface area contributed by atoms with Gasteiger partial charge < -0.3 is 16.0 Å². The molecule has 1 heterocycles. The first-order chi connectivity index (χ1) is 9.63. The van der Waals surface area contributed by atoms with Gasteiger partial charge in [0.1, 0.15) is 5.82 Å². The Balaban J connectivity index is 1.72. The van der Waals surface area contributed by atoms with E-state index in [2.05, 4.69) is 5.32 Å². The number of carbonyl (C=O) groups is 1. The standard InChI is InChI=1S/C15H14FN3O/c16-12-5-6-14(13(17)7-12)18-15(20)19-8-10-3-1-2-4-11(10)9-19/h1-7H,8-9,17H2,(H,18,20). The highest BCUT2D eigenvalue weighted by Gasteiger charge is 2.23. The lowest BCUT2D eigenvalue weighted by molar-refractivity contribution is 0.212. The smallest absolute Gasteiger partial charge is 0.322 e. The number of nitrogens with two attached hydrogens (primary N) is 1. The predicted molar refractivity (Wildman–Crippen MR) is 75.5 cm³/mol. The first-order valence-corrected chi connectivity index (χ1v) is 6.31. The first-order valence-electron chi connectivity index (χ1n) is 6.31. The Morgan fingerprint density at radius 3 is 2.40 bits per heavy atom. The van der Waals surface area contributed by atoms with Crippen molar-refractivity contribution < 1.29 is 9.18 Å². The lowest BCUT2D eigenvalue weighted by atomic mass is 10.1. The van der Waals surface area contributed by atoms with Gasteiger partial charge in [-0.15, -0.1) is 0 Å². The molecule has 0 spiro atoms. The Hall–Kier alpha value is -2.56. The van der Waals surface area contributed by atoms with Gasteiger partial charge in [-0.25, -0.2) is 9.18 Å². The second-order valence-corrected chi connectivity index (χ2v) is 4.79. The van der Waals surface area contributed by atoms with E-state index in [1.165, 1.54) is 18.2 Å². The number of hydrogen-bond donors (Lipinski definition) is 2. The number of hydrogen-bond acceptors (Lipinski definition) is 2. The predicted octanol–water partition coefficient (Wildman–Crippen LogP) is 2.96. The Morgan fingerprint density at radius 1 is 1.15 bits per heavy atom. The van der Waals surface area contributed by atoms with Crippen LogP contribution in [0.2, 0.25) is 0 Å². The van der Waals surface area contributed by atoms with E-state index in [9.17, 15) is 9.18 Å². The highest BCUT2D eigenvalue weighted by atomic mass is 19.1. The zero-order valence-corrected chi connectivity index (χ0v) is 10.8. The van der Waals surface area contributed by atoms with Crippen molar-refractivity contribution in [2.24, 2.45) is 0 Å².